The second-order valence-corrected chi connectivity index (χ2v) is 3.43. The molecule has 2 heterocycles. The lowest BCUT2D eigenvalue weighted by atomic mass is 10.1. The topological polar surface area (TPSA) is 17.8 Å². The van der Waals surface area contributed by atoms with Gasteiger partial charge in [-0.1, -0.05) is 18.2 Å². The maximum absolute atomic E-state index is 4.50. The number of aryl methyl sites for hydroxylation is 1. The Balaban J connectivity index is 2.50. The zero-order chi connectivity index (χ0) is 9.54. The van der Waals surface area contributed by atoms with E-state index in [2.05, 4.69) is 23.3 Å². The van der Waals surface area contributed by atoms with Crippen molar-refractivity contribution >= 4 is 10.9 Å². The van der Waals surface area contributed by atoms with Crippen LogP contribution >= 0.6 is 0 Å². The molecule has 0 fully saturated rings. The van der Waals surface area contributed by atoms with Crippen LogP contribution in [-0.2, 0) is 7.05 Å². The summed E-state index contributed by atoms with van der Waals surface area (Å²) in [6.45, 7) is 0. The van der Waals surface area contributed by atoms with Gasteiger partial charge in [0.25, 0.3) is 0 Å². The predicted molar refractivity (Wildman–Crippen MR) is 56.2 cm³/mol. The van der Waals surface area contributed by atoms with Crippen LogP contribution in [0.25, 0.3) is 22.2 Å². The Morgan fingerprint density at radius 2 is 2.07 bits per heavy atom. The van der Waals surface area contributed by atoms with E-state index in [4.69, 9.17) is 0 Å². The average molecular weight is 181 g/mol. The van der Waals surface area contributed by atoms with Gasteiger partial charge in [0.15, 0.2) is 0 Å². The highest BCUT2D eigenvalue weighted by Crippen LogP contribution is 2.29. The summed E-state index contributed by atoms with van der Waals surface area (Å²) in [5, 5.41) is 1.21. The first-order valence-corrected chi connectivity index (χ1v) is 4.58. The van der Waals surface area contributed by atoms with E-state index in [1.807, 2.05) is 36.0 Å². The maximum Gasteiger partial charge on any atom is 0.0975 e. The summed E-state index contributed by atoms with van der Waals surface area (Å²) >= 11 is 0. The van der Waals surface area contributed by atoms with Crippen LogP contribution in [0.15, 0.2) is 36.5 Å². The Bertz CT molecular complexity index is 566. The van der Waals surface area contributed by atoms with Gasteiger partial charge < -0.3 is 4.57 Å². The van der Waals surface area contributed by atoms with Crippen molar-refractivity contribution in [2.24, 2.45) is 7.05 Å². The van der Waals surface area contributed by atoms with Crippen LogP contribution in [0, 0.1) is 6.20 Å². The fourth-order valence-electron chi connectivity index (χ4n) is 1.75. The summed E-state index contributed by atoms with van der Waals surface area (Å²) in [5.74, 6) is 0. The molecule has 2 aliphatic heterocycles. The van der Waals surface area contributed by atoms with Crippen LogP contribution < -0.4 is 0 Å². The minimum atomic E-state index is 0.941. The van der Waals surface area contributed by atoms with E-state index in [1.165, 1.54) is 10.9 Å². The van der Waals surface area contributed by atoms with Gasteiger partial charge in [0.1, 0.15) is 0 Å². The van der Waals surface area contributed by atoms with Gasteiger partial charge in [-0.25, -0.2) is 4.98 Å². The molecule has 1 aromatic rings. The van der Waals surface area contributed by atoms with Crippen LogP contribution in [0.4, 0.5) is 0 Å². The standard InChI is InChI=1S/C12H9N2/c1-14-7-6-10-9-4-2-3-5-11(9)13-12(10)8-14/h2-7H,1H3. The molecule has 0 aromatic heterocycles. The zero-order valence-corrected chi connectivity index (χ0v) is 7.86. The van der Waals surface area contributed by atoms with Crippen molar-refractivity contribution in [1.82, 2.24) is 9.55 Å². The van der Waals surface area contributed by atoms with Crippen LogP contribution in [0.1, 0.15) is 0 Å². The van der Waals surface area contributed by atoms with Crippen molar-refractivity contribution < 1.29 is 0 Å². The smallest absolute Gasteiger partial charge is 0.0975 e. The molecule has 0 spiro atoms. The Morgan fingerprint density at radius 1 is 1.21 bits per heavy atom. The van der Waals surface area contributed by atoms with Crippen LogP contribution in [0.3, 0.4) is 0 Å². The first kappa shape index (κ1) is 7.56. The van der Waals surface area contributed by atoms with Crippen molar-refractivity contribution in [3.63, 3.8) is 0 Å². The molecule has 2 aliphatic rings. The summed E-state index contributed by atoms with van der Waals surface area (Å²) < 4.78 is 1.90. The maximum atomic E-state index is 4.50. The van der Waals surface area contributed by atoms with Crippen molar-refractivity contribution in [1.29, 1.82) is 0 Å². The highest BCUT2D eigenvalue weighted by Gasteiger charge is 2.10. The molecule has 3 rings (SSSR count). The monoisotopic (exact) mass is 181 g/mol. The van der Waals surface area contributed by atoms with Gasteiger partial charge in [0.2, 0.25) is 0 Å². The Labute approximate surface area is 82.2 Å². The van der Waals surface area contributed by atoms with Crippen molar-refractivity contribution in [3.05, 3.63) is 42.7 Å². The normalized spacial score (nSPS) is 11.2. The molecule has 0 atom stereocenters. The first-order chi connectivity index (χ1) is 6.84. The Morgan fingerprint density at radius 3 is 3.00 bits per heavy atom. The predicted octanol–water partition coefficient (Wildman–Crippen LogP) is 2.48. The molecule has 0 unspecified atom stereocenters. The molecule has 0 N–H and O–H groups in total. The minimum absolute atomic E-state index is 0.941. The quantitative estimate of drug-likeness (QED) is 0.521. The molecule has 0 saturated carbocycles. The van der Waals surface area contributed by atoms with E-state index in [1.54, 1.807) is 0 Å². The van der Waals surface area contributed by atoms with E-state index < -0.39 is 0 Å². The number of pyridine rings is 1. The van der Waals surface area contributed by atoms with Crippen molar-refractivity contribution in [2.45, 2.75) is 0 Å². The Kier molecular flexibility index (Phi) is 1.39. The second-order valence-electron chi connectivity index (χ2n) is 3.43. The first-order valence-electron chi connectivity index (χ1n) is 4.58. The number of nitrogens with zero attached hydrogens (tertiary/aromatic N) is 2. The third-order valence-electron chi connectivity index (χ3n) is 2.43. The van der Waals surface area contributed by atoms with Gasteiger partial charge in [-0.2, -0.15) is 0 Å². The average Bonchev–Trinajstić information content (AvgIpc) is 2.54. The summed E-state index contributed by atoms with van der Waals surface area (Å²) in [5.41, 5.74) is 3.17. The summed E-state index contributed by atoms with van der Waals surface area (Å²) in [4.78, 5) is 4.50. The van der Waals surface area contributed by atoms with Gasteiger partial charge >= 0.3 is 0 Å². The minimum Gasteiger partial charge on any atom is -0.348 e. The molecular weight excluding hydrogens is 172 g/mol. The van der Waals surface area contributed by atoms with Crippen molar-refractivity contribution in [3.8, 4) is 11.3 Å². The van der Waals surface area contributed by atoms with Gasteiger partial charge in [-0.3, -0.25) is 0 Å². The van der Waals surface area contributed by atoms with E-state index >= 15 is 0 Å². The molecule has 67 valence electrons. The SMILES string of the molecule is Cn1[c]c2nc3ccccc3c-2cc1. The van der Waals surface area contributed by atoms with E-state index in [-0.39, 0.29) is 0 Å². The fourth-order valence-corrected chi connectivity index (χ4v) is 1.75. The second kappa shape index (κ2) is 2.58. The molecule has 0 aliphatic carbocycles. The number of para-hydroxylation sites is 1. The third-order valence-corrected chi connectivity index (χ3v) is 2.43. The molecule has 2 nitrogen and oxygen atoms in total. The summed E-state index contributed by atoms with van der Waals surface area (Å²) in [6.07, 6.45) is 5.18. The Hall–Kier alpha value is -1.83. The molecule has 0 saturated heterocycles. The molecule has 1 radical (unpaired) electrons. The number of aromatic nitrogens is 2. The molecule has 14 heavy (non-hydrogen) atoms. The lowest BCUT2D eigenvalue weighted by molar-refractivity contribution is 0.893. The highest BCUT2D eigenvalue weighted by molar-refractivity contribution is 5.96. The molecule has 0 amide bonds. The van der Waals surface area contributed by atoms with E-state index in [0.29, 0.717) is 0 Å². The molecule has 0 bridgehead atoms. The number of hydrogen-bond donors (Lipinski definition) is 0. The van der Waals surface area contributed by atoms with Gasteiger partial charge in [-0.15, -0.1) is 0 Å². The number of fused-ring (bicyclic) bond motifs is 3. The zero-order valence-electron chi connectivity index (χ0n) is 7.86. The van der Waals surface area contributed by atoms with Gasteiger partial charge in [0, 0.05) is 24.2 Å². The highest BCUT2D eigenvalue weighted by atomic mass is 14.9. The molecule has 1 aromatic carbocycles. The van der Waals surface area contributed by atoms with E-state index in [9.17, 15) is 0 Å². The fraction of sp³-hybridized carbons (Fsp3) is 0.0833. The number of rotatable bonds is 0. The van der Waals surface area contributed by atoms with Crippen molar-refractivity contribution in [2.75, 3.05) is 0 Å². The largest absolute Gasteiger partial charge is 0.348 e. The number of hydrogen-bond acceptors (Lipinski definition) is 1. The third kappa shape index (κ3) is 0.940. The lowest BCUT2D eigenvalue weighted by Gasteiger charge is -1.99. The van der Waals surface area contributed by atoms with Crippen LogP contribution in [-0.4, -0.2) is 9.55 Å². The summed E-state index contributed by atoms with van der Waals surface area (Å²) in [7, 11) is 1.96. The lowest BCUT2D eigenvalue weighted by Crippen LogP contribution is -1.90. The van der Waals surface area contributed by atoms with Crippen LogP contribution in [0.2, 0.25) is 0 Å². The van der Waals surface area contributed by atoms with Gasteiger partial charge in [0.05, 0.1) is 17.4 Å². The number of benzene rings is 1. The van der Waals surface area contributed by atoms with Gasteiger partial charge in [-0.05, 0) is 12.1 Å². The van der Waals surface area contributed by atoms with Crippen LogP contribution in [0.5, 0.6) is 0 Å². The molecule has 2 heteroatoms. The summed E-state index contributed by atoms with van der Waals surface area (Å²) in [6, 6.07) is 10.3. The molecular formula is C12H9N2. The van der Waals surface area contributed by atoms with E-state index in [0.717, 1.165) is 11.2 Å².